The second kappa shape index (κ2) is 2.96. The Labute approximate surface area is 81.1 Å². The first-order valence-electron chi connectivity index (χ1n) is 5.57. The second-order valence-corrected chi connectivity index (χ2v) is 5.33. The molecular weight excluding hydrogens is 160 g/mol. The highest BCUT2D eigenvalue weighted by atomic mass is 14.8. The van der Waals surface area contributed by atoms with Crippen LogP contribution in [0.2, 0.25) is 0 Å². The van der Waals surface area contributed by atoms with Gasteiger partial charge in [-0.25, -0.2) is 0 Å². The van der Waals surface area contributed by atoms with Gasteiger partial charge in [0, 0.05) is 12.1 Å². The molecule has 0 aromatic rings. The Balaban J connectivity index is 2.22. The maximum atomic E-state index is 6.14. The van der Waals surface area contributed by atoms with E-state index in [1.807, 2.05) is 0 Å². The van der Waals surface area contributed by atoms with Crippen molar-refractivity contribution in [1.82, 2.24) is 0 Å². The zero-order chi connectivity index (χ0) is 9.64. The van der Waals surface area contributed by atoms with Crippen molar-refractivity contribution in [2.24, 2.45) is 28.7 Å². The van der Waals surface area contributed by atoms with Crippen LogP contribution in [0.5, 0.6) is 0 Å². The summed E-state index contributed by atoms with van der Waals surface area (Å²) < 4.78 is 0. The molecule has 0 radical (unpaired) electrons. The summed E-state index contributed by atoms with van der Waals surface area (Å²) in [6.07, 6.45) is 5.39. The van der Waals surface area contributed by atoms with E-state index in [1.165, 1.54) is 25.7 Å². The summed E-state index contributed by atoms with van der Waals surface area (Å²) in [5, 5.41) is 0. The zero-order valence-corrected chi connectivity index (χ0v) is 8.79. The third-order valence-corrected chi connectivity index (χ3v) is 4.55. The molecule has 0 aliphatic heterocycles. The molecule has 2 nitrogen and oxygen atoms in total. The molecule has 2 rings (SSSR count). The van der Waals surface area contributed by atoms with Crippen LogP contribution in [0.3, 0.4) is 0 Å². The quantitative estimate of drug-likeness (QED) is 0.679. The van der Waals surface area contributed by atoms with Crippen LogP contribution in [-0.2, 0) is 0 Å². The highest BCUT2D eigenvalue weighted by Crippen LogP contribution is 2.59. The van der Waals surface area contributed by atoms with Crippen molar-refractivity contribution >= 4 is 0 Å². The van der Waals surface area contributed by atoms with E-state index in [9.17, 15) is 0 Å². The van der Waals surface area contributed by atoms with Gasteiger partial charge in [-0.05, 0) is 56.8 Å². The minimum atomic E-state index is 0.330. The number of fused-ring (bicyclic) bond motifs is 2. The van der Waals surface area contributed by atoms with E-state index in [2.05, 4.69) is 13.8 Å². The van der Waals surface area contributed by atoms with E-state index in [-0.39, 0.29) is 0 Å². The van der Waals surface area contributed by atoms with E-state index in [4.69, 9.17) is 11.5 Å². The van der Waals surface area contributed by atoms with Crippen molar-refractivity contribution < 1.29 is 0 Å². The average molecular weight is 182 g/mol. The van der Waals surface area contributed by atoms with Crippen LogP contribution >= 0.6 is 0 Å². The predicted octanol–water partition coefficient (Wildman–Crippen LogP) is 1.49. The highest BCUT2D eigenvalue weighted by Gasteiger charge is 2.54. The first-order chi connectivity index (χ1) is 6.06. The molecule has 0 saturated heterocycles. The van der Waals surface area contributed by atoms with Crippen LogP contribution in [0.4, 0.5) is 0 Å². The molecule has 0 heterocycles. The molecule has 76 valence electrons. The van der Waals surface area contributed by atoms with Crippen molar-refractivity contribution in [3.8, 4) is 0 Å². The number of nitrogens with two attached hydrogens (primary N) is 2. The van der Waals surface area contributed by atoms with Crippen molar-refractivity contribution in [2.45, 2.75) is 51.6 Å². The number of rotatable bonds is 2. The van der Waals surface area contributed by atoms with E-state index in [1.54, 1.807) is 0 Å². The van der Waals surface area contributed by atoms with E-state index < -0.39 is 0 Å². The lowest BCUT2D eigenvalue weighted by Crippen LogP contribution is -2.47. The molecule has 2 aliphatic rings. The van der Waals surface area contributed by atoms with Crippen LogP contribution < -0.4 is 11.5 Å². The van der Waals surface area contributed by atoms with Gasteiger partial charge in [-0.1, -0.05) is 0 Å². The third kappa shape index (κ3) is 1.23. The maximum Gasteiger partial charge on any atom is 0.00703 e. The Kier molecular flexibility index (Phi) is 2.16. The molecule has 0 spiro atoms. The van der Waals surface area contributed by atoms with Crippen molar-refractivity contribution in [3.05, 3.63) is 0 Å². The molecule has 5 atom stereocenters. The molecule has 2 fully saturated rings. The fourth-order valence-corrected chi connectivity index (χ4v) is 3.84. The summed E-state index contributed by atoms with van der Waals surface area (Å²) in [7, 11) is 0. The minimum Gasteiger partial charge on any atom is -0.328 e. The van der Waals surface area contributed by atoms with Gasteiger partial charge >= 0.3 is 0 Å². The molecule has 0 aromatic carbocycles. The van der Waals surface area contributed by atoms with Crippen molar-refractivity contribution in [2.75, 3.05) is 0 Å². The normalized spacial score (nSPS) is 48.0. The van der Waals surface area contributed by atoms with Crippen LogP contribution in [0.1, 0.15) is 39.5 Å². The van der Waals surface area contributed by atoms with E-state index in [0.717, 1.165) is 5.92 Å². The Morgan fingerprint density at radius 3 is 2.38 bits per heavy atom. The average Bonchev–Trinajstić information content (AvgIpc) is 2.60. The van der Waals surface area contributed by atoms with Gasteiger partial charge in [0.2, 0.25) is 0 Å². The summed E-state index contributed by atoms with van der Waals surface area (Å²) in [5.74, 6) is 1.62. The van der Waals surface area contributed by atoms with Gasteiger partial charge < -0.3 is 11.5 Å². The largest absolute Gasteiger partial charge is 0.328 e. The first kappa shape index (κ1) is 9.47. The van der Waals surface area contributed by atoms with Gasteiger partial charge in [-0.2, -0.15) is 0 Å². The predicted molar refractivity (Wildman–Crippen MR) is 55.2 cm³/mol. The van der Waals surface area contributed by atoms with E-state index in [0.29, 0.717) is 23.4 Å². The van der Waals surface area contributed by atoms with Crippen LogP contribution in [-0.4, -0.2) is 12.1 Å². The molecule has 2 bridgehead atoms. The van der Waals surface area contributed by atoms with E-state index >= 15 is 0 Å². The van der Waals surface area contributed by atoms with Crippen LogP contribution in [0.25, 0.3) is 0 Å². The minimum absolute atomic E-state index is 0.330. The molecule has 5 unspecified atom stereocenters. The van der Waals surface area contributed by atoms with Crippen molar-refractivity contribution in [1.29, 1.82) is 0 Å². The summed E-state index contributed by atoms with van der Waals surface area (Å²) >= 11 is 0. The standard InChI is InChI=1S/C11H22N2/c1-7(12)10-5-9-3-4-11(10,6-9)8(2)13/h7-10H,3-6,12-13H2,1-2H3. The van der Waals surface area contributed by atoms with Gasteiger partial charge in [-0.15, -0.1) is 0 Å². The molecular formula is C11H22N2. The second-order valence-electron chi connectivity index (χ2n) is 5.33. The lowest BCUT2D eigenvalue weighted by atomic mass is 9.68. The molecule has 2 saturated carbocycles. The molecule has 2 heteroatoms. The van der Waals surface area contributed by atoms with Gasteiger partial charge in [0.25, 0.3) is 0 Å². The van der Waals surface area contributed by atoms with Gasteiger partial charge in [-0.3, -0.25) is 0 Å². The lowest BCUT2D eigenvalue weighted by Gasteiger charge is -2.40. The molecule has 4 N–H and O–H groups in total. The van der Waals surface area contributed by atoms with Gasteiger partial charge in [0.1, 0.15) is 0 Å². The van der Waals surface area contributed by atoms with Crippen LogP contribution in [0, 0.1) is 17.3 Å². The summed E-state index contributed by atoms with van der Waals surface area (Å²) in [6.45, 7) is 4.32. The smallest absolute Gasteiger partial charge is 0.00703 e. The Morgan fingerprint density at radius 2 is 2.00 bits per heavy atom. The number of hydrogen-bond acceptors (Lipinski definition) is 2. The fourth-order valence-electron chi connectivity index (χ4n) is 3.84. The zero-order valence-electron chi connectivity index (χ0n) is 8.79. The molecule has 0 aromatic heterocycles. The number of hydrogen-bond donors (Lipinski definition) is 2. The monoisotopic (exact) mass is 182 g/mol. The third-order valence-electron chi connectivity index (χ3n) is 4.55. The lowest BCUT2D eigenvalue weighted by molar-refractivity contribution is 0.130. The highest BCUT2D eigenvalue weighted by molar-refractivity contribution is 5.07. The SMILES string of the molecule is CC(N)C1CC2CCC1(C(C)N)C2. The molecule has 13 heavy (non-hydrogen) atoms. The molecule has 2 aliphatic carbocycles. The first-order valence-corrected chi connectivity index (χ1v) is 5.57. The summed E-state index contributed by atoms with van der Waals surface area (Å²) in [6, 6.07) is 0.660. The summed E-state index contributed by atoms with van der Waals surface area (Å²) in [4.78, 5) is 0. The van der Waals surface area contributed by atoms with Gasteiger partial charge in [0.05, 0.1) is 0 Å². The maximum absolute atomic E-state index is 6.14. The molecule has 0 amide bonds. The Hall–Kier alpha value is -0.0800. The Morgan fingerprint density at radius 1 is 1.31 bits per heavy atom. The summed E-state index contributed by atoms with van der Waals surface area (Å²) in [5.41, 5.74) is 12.6. The van der Waals surface area contributed by atoms with Crippen molar-refractivity contribution in [3.63, 3.8) is 0 Å². The van der Waals surface area contributed by atoms with Crippen LogP contribution in [0.15, 0.2) is 0 Å². The Bertz CT molecular complexity index is 200. The fraction of sp³-hybridized carbons (Fsp3) is 1.00. The topological polar surface area (TPSA) is 52.0 Å². The van der Waals surface area contributed by atoms with Gasteiger partial charge in [0.15, 0.2) is 0 Å².